The number of hydrogen-bond acceptors (Lipinski definition) is 4. The lowest BCUT2D eigenvalue weighted by Crippen LogP contribution is -2.39. The van der Waals surface area contributed by atoms with Crippen molar-refractivity contribution in [2.45, 2.75) is 19.8 Å². The van der Waals surface area contributed by atoms with Gasteiger partial charge >= 0.3 is 0 Å². The summed E-state index contributed by atoms with van der Waals surface area (Å²) in [5.41, 5.74) is 0.593. The molecule has 1 amide bonds. The molecule has 0 spiro atoms. The highest BCUT2D eigenvalue weighted by atomic mass is 79.9. The SMILES string of the molecule is CCNc1ncc(Br)cc1C(=O)NCC1CCCN(C)C1. The van der Waals surface area contributed by atoms with E-state index in [0.29, 0.717) is 17.3 Å². The normalized spacial score (nSPS) is 19.3. The number of nitrogens with zero attached hydrogens (tertiary/aromatic N) is 2. The zero-order valence-electron chi connectivity index (χ0n) is 12.7. The smallest absolute Gasteiger partial charge is 0.255 e. The molecule has 0 bridgehead atoms. The lowest BCUT2D eigenvalue weighted by atomic mass is 9.98. The summed E-state index contributed by atoms with van der Waals surface area (Å²) < 4.78 is 0.812. The quantitative estimate of drug-likeness (QED) is 0.851. The van der Waals surface area contributed by atoms with Gasteiger partial charge in [0.1, 0.15) is 5.82 Å². The first-order valence-electron chi connectivity index (χ1n) is 7.46. The van der Waals surface area contributed by atoms with Gasteiger partial charge in [-0.1, -0.05) is 0 Å². The molecular formula is C15H23BrN4O. The maximum Gasteiger partial charge on any atom is 0.255 e. The van der Waals surface area contributed by atoms with Crippen molar-refractivity contribution in [2.24, 2.45) is 5.92 Å². The van der Waals surface area contributed by atoms with E-state index < -0.39 is 0 Å². The minimum atomic E-state index is -0.0621. The second kappa shape index (κ2) is 7.75. The molecule has 1 unspecified atom stereocenters. The number of carbonyl (C=O) groups is 1. The van der Waals surface area contributed by atoms with E-state index >= 15 is 0 Å². The lowest BCUT2D eigenvalue weighted by molar-refractivity contribution is 0.0937. The largest absolute Gasteiger partial charge is 0.370 e. The average Bonchev–Trinajstić information content (AvgIpc) is 2.47. The Morgan fingerprint density at radius 3 is 3.10 bits per heavy atom. The number of nitrogens with one attached hydrogen (secondary N) is 2. The monoisotopic (exact) mass is 354 g/mol. The maximum absolute atomic E-state index is 12.4. The van der Waals surface area contributed by atoms with Gasteiger partial charge in [-0.05, 0) is 61.3 Å². The fraction of sp³-hybridized carbons (Fsp3) is 0.600. The van der Waals surface area contributed by atoms with Crippen LogP contribution in [0.3, 0.4) is 0 Å². The molecule has 0 radical (unpaired) electrons. The van der Waals surface area contributed by atoms with Crippen molar-refractivity contribution in [3.63, 3.8) is 0 Å². The first-order valence-corrected chi connectivity index (χ1v) is 8.25. The molecule has 1 aliphatic heterocycles. The van der Waals surface area contributed by atoms with Crippen LogP contribution in [-0.2, 0) is 0 Å². The average molecular weight is 355 g/mol. The molecular weight excluding hydrogens is 332 g/mol. The number of amides is 1. The summed E-state index contributed by atoms with van der Waals surface area (Å²) in [4.78, 5) is 19.0. The number of pyridine rings is 1. The minimum absolute atomic E-state index is 0.0621. The molecule has 116 valence electrons. The number of rotatable bonds is 5. The summed E-state index contributed by atoms with van der Waals surface area (Å²) in [7, 11) is 2.13. The molecule has 1 aromatic rings. The van der Waals surface area contributed by atoms with E-state index in [1.54, 1.807) is 6.20 Å². The minimum Gasteiger partial charge on any atom is -0.370 e. The van der Waals surface area contributed by atoms with Crippen LogP contribution >= 0.6 is 15.9 Å². The van der Waals surface area contributed by atoms with Crippen LogP contribution in [0, 0.1) is 5.92 Å². The predicted molar refractivity (Wildman–Crippen MR) is 88.7 cm³/mol. The maximum atomic E-state index is 12.4. The van der Waals surface area contributed by atoms with Crippen LogP contribution < -0.4 is 10.6 Å². The molecule has 0 aromatic carbocycles. The number of hydrogen-bond donors (Lipinski definition) is 2. The molecule has 0 aliphatic carbocycles. The van der Waals surface area contributed by atoms with Crippen molar-refractivity contribution in [2.75, 3.05) is 38.5 Å². The van der Waals surface area contributed by atoms with Gasteiger partial charge < -0.3 is 15.5 Å². The second-order valence-corrected chi connectivity index (χ2v) is 6.48. The molecule has 1 fully saturated rings. The van der Waals surface area contributed by atoms with Crippen molar-refractivity contribution in [3.05, 3.63) is 22.3 Å². The zero-order chi connectivity index (χ0) is 15.2. The lowest BCUT2D eigenvalue weighted by Gasteiger charge is -2.29. The van der Waals surface area contributed by atoms with Gasteiger partial charge in [-0.2, -0.15) is 0 Å². The molecule has 1 aromatic heterocycles. The van der Waals surface area contributed by atoms with E-state index in [1.165, 1.54) is 12.8 Å². The Bertz CT molecular complexity index is 495. The number of halogens is 1. The van der Waals surface area contributed by atoms with E-state index in [2.05, 4.69) is 43.5 Å². The van der Waals surface area contributed by atoms with Crippen LogP contribution in [0.15, 0.2) is 16.7 Å². The molecule has 6 heteroatoms. The van der Waals surface area contributed by atoms with Crippen molar-refractivity contribution in [1.82, 2.24) is 15.2 Å². The summed E-state index contributed by atoms with van der Waals surface area (Å²) in [5, 5.41) is 6.18. The molecule has 1 atom stereocenters. The highest BCUT2D eigenvalue weighted by Crippen LogP contribution is 2.19. The Labute approximate surface area is 134 Å². The number of piperidine rings is 1. The van der Waals surface area contributed by atoms with Gasteiger partial charge in [-0.15, -0.1) is 0 Å². The Morgan fingerprint density at radius 2 is 2.38 bits per heavy atom. The molecule has 2 heterocycles. The Balaban J connectivity index is 1.97. The van der Waals surface area contributed by atoms with Crippen molar-refractivity contribution in [3.8, 4) is 0 Å². The van der Waals surface area contributed by atoms with Gasteiger partial charge in [0.2, 0.25) is 0 Å². The van der Waals surface area contributed by atoms with Gasteiger partial charge in [0.05, 0.1) is 5.56 Å². The van der Waals surface area contributed by atoms with Crippen LogP contribution in [0.2, 0.25) is 0 Å². The van der Waals surface area contributed by atoms with Gasteiger partial charge in [0.15, 0.2) is 0 Å². The standard InChI is InChI=1S/C15H23BrN4O/c1-3-17-14-13(7-12(16)9-18-14)15(21)19-8-11-5-4-6-20(2)10-11/h7,9,11H,3-6,8,10H2,1-2H3,(H,17,18)(H,19,21). The second-order valence-electron chi connectivity index (χ2n) is 5.56. The summed E-state index contributed by atoms with van der Waals surface area (Å²) in [6.07, 6.45) is 4.09. The Hall–Kier alpha value is -1.14. The molecule has 1 aliphatic rings. The molecule has 0 saturated carbocycles. The molecule has 21 heavy (non-hydrogen) atoms. The highest BCUT2D eigenvalue weighted by Gasteiger charge is 2.19. The van der Waals surface area contributed by atoms with E-state index in [4.69, 9.17) is 0 Å². The number of carbonyl (C=O) groups excluding carboxylic acids is 1. The molecule has 2 rings (SSSR count). The van der Waals surface area contributed by atoms with Crippen LogP contribution in [0.5, 0.6) is 0 Å². The number of anilines is 1. The molecule has 5 nitrogen and oxygen atoms in total. The van der Waals surface area contributed by atoms with Crippen LogP contribution in [-0.4, -0.2) is 49.0 Å². The Morgan fingerprint density at radius 1 is 1.57 bits per heavy atom. The third-order valence-electron chi connectivity index (χ3n) is 3.72. The molecule has 1 saturated heterocycles. The van der Waals surface area contributed by atoms with Gasteiger partial charge in [-0.25, -0.2) is 4.98 Å². The topological polar surface area (TPSA) is 57.3 Å². The van der Waals surface area contributed by atoms with E-state index in [0.717, 1.165) is 30.7 Å². The summed E-state index contributed by atoms with van der Waals surface area (Å²) in [5.74, 6) is 1.11. The van der Waals surface area contributed by atoms with Crippen LogP contribution in [0.1, 0.15) is 30.1 Å². The van der Waals surface area contributed by atoms with Crippen LogP contribution in [0.4, 0.5) is 5.82 Å². The van der Waals surface area contributed by atoms with Crippen molar-refractivity contribution in [1.29, 1.82) is 0 Å². The number of likely N-dealkylation sites (tertiary alicyclic amines) is 1. The summed E-state index contributed by atoms with van der Waals surface area (Å²) in [6.45, 7) is 5.66. The fourth-order valence-electron chi connectivity index (χ4n) is 2.69. The van der Waals surface area contributed by atoms with Gasteiger partial charge in [-0.3, -0.25) is 4.79 Å². The summed E-state index contributed by atoms with van der Waals surface area (Å²) >= 11 is 3.37. The molecule has 2 N–H and O–H groups in total. The first kappa shape index (κ1) is 16.2. The predicted octanol–water partition coefficient (Wildman–Crippen LogP) is 2.35. The first-order chi connectivity index (χ1) is 10.1. The van der Waals surface area contributed by atoms with E-state index in [9.17, 15) is 4.79 Å². The highest BCUT2D eigenvalue weighted by molar-refractivity contribution is 9.10. The van der Waals surface area contributed by atoms with Crippen LogP contribution in [0.25, 0.3) is 0 Å². The third kappa shape index (κ3) is 4.68. The van der Waals surface area contributed by atoms with E-state index in [1.807, 2.05) is 13.0 Å². The third-order valence-corrected chi connectivity index (χ3v) is 4.15. The van der Waals surface area contributed by atoms with E-state index in [-0.39, 0.29) is 5.91 Å². The summed E-state index contributed by atoms with van der Waals surface area (Å²) in [6, 6.07) is 1.81. The van der Waals surface area contributed by atoms with Crippen molar-refractivity contribution < 1.29 is 4.79 Å². The number of aromatic nitrogens is 1. The van der Waals surface area contributed by atoms with Crippen molar-refractivity contribution >= 4 is 27.7 Å². The zero-order valence-corrected chi connectivity index (χ0v) is 14.2. The fourth-order valence-corrected chi connectivity index (χ4v) is 3.02. The van der Waals surface area contributed by atoms with Gasteiger partial charge in [0.25, 0.3) is 5.91 Å². The Kier molecular flexibility index (Phi) is 5.99. The van der Waals surface area contributed by atoms with Gasteiger partial charge in [0, 0.05) is 30.3 Å².